The van der Waals surface area contributed by atoms with Gasteiger partial charge in [-0.2, -0.15) is 6.66 Å². The van der Waals surface area contributed by atoms with Gasteiger partial charge < -0.3 is 17.4 Å². The maximum atomic E-state index is 7.35. The van der Waals surface area contributed by atoms with Crippen LogP contribution in [0.2, 0.25) is 0 Å². The Hall–Kier alpha value is -5.76. The predicted octanol–water partition coefficient (Wildman–Crippen LogP) is 11.7. The molecule has 9 aromatic carbocycles. The zero-order valence-electron chi connectivity index (χ0n) is 36.4. The number of hydrogen-bond acceptors (Lipinski definition) is 0. The minimum Gasteiger partial charge on any atom is -0.366 e. The smallest absolute Gasteiger partial charge is 0.366 e. The Labute approximate surface area is 423 Å². The largest absolute Gasteiger partial charge is 1.00 e. The Kier molecular flexibility index (Phi) is 16.2. The molecule has 1 nitrogen and oxygen atoms in total. The molecule has 1 radical (unpaired) electrons. The molecule has 10 aromatic rings. The average Bonchev–Trinajstić information content (AvgIpc) is 3.90. The van der Waals surface area contributed by atoms with Gasteiger partial charge in [-0.05, 0) is 103 Å². The van der Waals surface area contributed by atoms with Crippen molar-refractivity contribution in [3.8, 4) is 23.0 Å². The Morgan fingerprint density at radius 1 is 0.500 bits per heavy atom. The summed E-state index contributed by atoms with van der Waals surface area (Å²) in [6, 6.07) is 81.5. The number of aromatic nitrogens is 1. The van der Waals surface area contributed by atoms with Gasteiger partial charge in [-0.3, -0.25) is 11.8 Å². The molecule has 0 saturated carbocycles. The topological polar surface area (TPSA) is 4.93 Å². The normalized spacial score (nSPS) is 11.0. The first-order valence-corrected chi connectivity index (χ1v) is 24.9. The van der Waals surface area contributed by atoms with Gasteiger partial charge in [0, 0.05) is 40.5 Å². The summed E-state index contributed by atoms with van der Waals surface area (Å²) in [5.74, 6) is 5.03. The summed E-state index contributed by atoms with van der Waals surface area (Å²) >= 11 is 0. The van der Waals surface area contributed by atoms with Gasteiger partial charge in [-0.1, -0.05) is 162 Å². The van der Waals surface area contributed by atoms with Crippen LogP contribution in [0.4, 0.5) is 0 Å². The van der Waals surface area contributed by atoms with Crippen molar-refractivity contribution in [2.75, 3.05) is 0 Å². The summed E-state index contributed by atoms with van der Waals surface area (Å²) in [7, 11) is -1.24. The standard InChI is InChI=1S/C31H26P2.C15H10N.C15H9.2Au/c1-33(28-20-10-4-11-21-28,29-22-12-5-13-23-29)31-25-15-14-24-30(31)32(26-16-6-2-7-17-26)27-18-8-3-9-19-27;1-3-11-7-6-10-14-15(11)12-8-4-5-9-13(12)16(14)2;1-2-11-7-5-8-13-10-12-6-3-4-9-14(12)15(11)13;;/h2-25H,1H2;4-10H,2H3;3-9H,10H2;;/q;2*-1;;+1/p+1. The van der Waals surface area contributed by atoms with Crippen LogP contribution in [0.15, 0.2) is 231 Å². The molecule has 0 N–H and O–H groups in total. The van der Waals surface area contributed by atoms with Crippen molar-refractivity contribution in [2.24, 2.45) is 7.05 Å². The maximum Gasteiger partial charge on any atom is 1.00 e. The third kappa shape index (κ3) is 9.57. The van der Waals surface area contributed by atoms with Crippen LogP contribution in [-0.4, -0.2) is 4.57 Å². The van der Waals surface area contributed by atoms with Gasteiger partial charge in [0.05, 0.1) is 10.6 Å². The van der Waals surface area contributed by atoms with Crippen LogP contribution < -0.4 is 31.8 Å². The van der Waals surface area contributed by atoms with Crippen molar-refractivity contribution in [3.05, 3.63) is 272 Å². The molecule has 0 bridgehead atoms. The SMILES string of the molecule is [Au+].[Au].[C-]#Cc1cccc2c1-c1ccccc1C2.[C-]#Cc1cccc2c1c1ccccc1n2C.[CH2-][P+](c1ccccc1)(c1ccccc1)c1ccccc1[PH+](c1ccccc1)c1ccccc1. The van der Waals surface area contributed by atoms with E-state index in [1.807, 2.05) is 36.4 Å². The van der Waals surface area contributed by atoms with Gasteiger partial charge in [-0.15, -0.1) is 23.3 Å². The molecule has 11 rings (SSSR count). The van der Waals surface area contributed by atoms with Crippen LogP contribution in [0, 0.1) is 31.4 Å². The zero-order chi connectivity index (χ0) is 43.9. The molecule has 327 valence electrons. The van der Waals surface area contributed by atoms with E-state index >= 15 is 0 Å². The minimum absolute atomic E-state index is 0. The Balaban J connectivity index is 0.000000163. The van der Waals surface area contributed by atoms with E-state index in [1.54, 1.807) is 0 Å². The van der Waals surface area contributed by atoms with E-state index in [-0.39, 0.29) is 44.8 Å². The Morgan fingerprint density at radius 2 is 0.970 bits per heavy atom. The van der Waals surface area contributed by atoms with Crippen molar-refractivity contribution in [1.82, 2.24) is 4.57 Å². The van der Waals surface area contributed by atoms with E-state index in [1.165, 1.54) is 65.0 Å². The second-order valence-corrected chi connectivity index (χ2v) is 21.4. The van der Waals surface area contributed by atoms with E-state index in [0.29, 0.717) is 0 Å². The molecule has 0 fully saturated rings. The van der Waals surface area contributed by atoms with Gasteiger partial charge in [0.25, 0.3) is 0 Å². The quantitative estimate of drug-likeness (QED) is 0.0677. The summed E-state index contributed by atoms with van der Waals surface area (Å²) in [6.07, 6.45) is 15.6. The number of hydrogen-bond donors (Lipinski definition) is 0. The molecule has 0 spiro atoms. The molecule has 0 atom stereocenters. The van der Waals surface area contributed by atoms with Crippen molar-refractivity contribution in [1.29, 1.82) is 0 Å². The second-order valence-electron chi connectivity index (χ2n) is 15.8. The van der Waals surface area contributed by atoms with Gasteiger partial charge in [0.1, 0.15) is 29.1 Å². The molecule has 0 unspecified atom stereocenters. The first kappa shape index (κ1) is 48.2. The van der Waals surface area contributed by atoms with Gasteiger partial charge in [-0.25, -0.2) is 0 Å². The van der Waals surface area contributed by atoms with Crippen LogP contribution in [-0.2, 0) is 58.2 Å². The molecule has 1 aromatic heterocycles. The Bertz CT molecular complexity index is 3220. The third-order valence-corrected chi connectivity index (χ3v) is 18.7. The van der Waals surface area contributed by atoms with Crippen LogP contribution in [0.3, 0.4) is 0 Å². The summed E-state index contributed by atoms with van der Waals surface area (Å²) in [4.78, 5) is 0. The van der Waals surface area contributed by atoms with Gasteiger partial charge in [0.15, 0.2) is 0 Å². The molecule has 0 aliphatic heterocycles. The van der Waals surface area contributed by atoms with Gasteiger partial charge >= 0.3 is 22.4 Å². The fraction of sp³-hybridized carbons (Fsp3) is 0.0328. The molecule has 5 heteroatoms. The summed E-state index contributed by atoms with van der Waals surface area (Å²) < 4.78 is 2.16. The molecular formula is C61H46Au2NP2. The van der Waals surface area contributed by atoms with Crippen molar-refractivity contribution < 1.29 is 44.8 Å². The second kappa shape index (κ2) is 22.2. The number of benzene rings is 9. The summed E-state index contributed by atoms with van der Waals surface area (Å²) in [5.41, 5.74) is 9.24. The van der Waals surface area contributed by atoms with E-state index in [0.717, 1.165) is 28.5 Å². The monoisotopic (exact) mass is 1250 g/mol. The maximum absolute atomic E-state index is 7.35. The first-order chi connectivity index (χ1) is 31.5. The van der Waals surface area contributed by atoms with E-state index in [2.05, 4.69) is 218 Å². The average molecular weight is 1250 g/mol. The van der Waals surface area contributed by atoms with E-state index in [9.17, 15) is 0 Å². The van der Waals surface area contributed by atoms with Gasteiger partial charge in [0.2, 0.25) is 0 Å². The number of aryl methyl sites for hydroxylation is 1. The third-order valence-electron chi connectivity index (χ3n) is 12.1. The van der Waals surface area contributed by atoms with Crippen molar-refractivity contribution >= 4 is 68.8 Å². The van der Waals surface area contributed by atoms with Crippen LogP contribution in [0.1, 0.15) is 22.3 Å². The number of para-hydroxylation sites is 1. The zero-order valence-corrected chi connectivity index (χ0v) is 42.6. The van der Waals surface area contributed by atoms with E-state index < -0.39 is 15.2 Å². The fourth-order valence-corrected chi connectivity index (χ4v) is 15.7. The molecule has 1 heterocycles. The van der Waals surface area contributed by atoms with E-state index in [4.69, 9.17) is 19.5 Å². The minimum atomic E-state index is -2.08. The summed E-state index contributed by atoms with van der Waals surface area (Å²) in [5, 5.41) is 10.5. The number of rotatable bonds is 6. The van der Waals surface area contributed by atoms with Crippen molar-refractivity contribution in [3.63, 3.8) is 0 Å². The fourth-order valence-electron chi connectivity index (χ4n) is 9.10. The molecular weight excluding hydrogens is 1200 g/mol. The van der Waals surface area contributed by atoms with Crippen LogP contribution in [0.5, 0.6) is 0 Å². The number of nitrogens with zero attached hydrogens (tertiary/aromatic N) is 1. The molecule has 0 amide bonds. The molecule has 1 aliphatic carbocycles. The van der Waals surface area contributed by atoms with Crippen LogP contribution in [0.25, 0.3) is 32.9 Å². The van der Waals surface area contributed by atoms with Crippen LogP contribution >= 0.6 is 15.2 Å². The van der Waals surface area contributed by atoms with Crippen molar-refractivity contribution in [2.45, 2.75) is 6.42 Å². The summed E-state index contributed by atoms with van der Waals surface area (Å²) in [6.45, 7) is 5.04. The predicted molar refractivity (Wildman–Crippen MR) is 278 cm³/mol. The first-order valence-electron chi connectivity index (χ1n) is 21.5. The molecule has 66 heavy (non-hydrogen) atoms. The Morgan fingerprint density at radius 3 is 1.59 bits per heavy atom. The number of fused-ring (bicyclic) bond motifs is 6. The molecule has 0 saturated heterocycles. The molecule has 1 aliphatic rings.